The van der Waals surface area contributed by atoms with E-state index in [9.17, 15) is 8.78 Å². The maximum absolute atomic E-state index is 15.6. The highest BCUT2D eigenvalue weighted by molar-refractivity contribution is 6.31. The van der Waals surface area contributed by atoms with Crippen LogP contribution in [0.2, 0.25) is 5.02 Å². The minimum atomic E-state index is -3.63. The topological polar surface area (TPSA) is 78.4 Å². The van der Waals surface area contributed by atoms with Gasteiger partial charge in [-0.2, -0.15) is 13.9 Å². The molecule has 1 aliphatic heterocycles. The van der Waals surface area contributed by atoms with E-state index in [1.54, 1.807) is 40.8 Å². The van der Waals surface area contributed by atoms with E-state index in [1.807, 2.05) is 0 Å². The van der Waals surface area contributed by atoms with Crippen LogP contribution in [0.3, 0.4) is 0 Å². The van der Waals surface area contributed by atoms with E-state index in [1.165, 1.54) is 30.3 Å². The zero-order valence-electron chi connectivity index (χ0n) is 19.8. The third kappa shape index (κ3) is 3.83. The van der Waals surface area contributed by atoms with Gasteiger partial charge in [0.05, 0.1) is 29.2 Å². The number of anilines is 2. The molecule has 0 amide bonds. The quantitative estimate of drug-likeness (QED) is 0.277. The summed E-state index contributed by atoms with van der Waals surface area (Å²) < 4.78 is 64.6. The molecule has 1 atom stereocenters. The van der Waals surface area contributed by atoms with Gasteiger partial charge in [-0.25, -0.2) is 13.8 Å². The summed E-state index contributed by atoms with van der Waals surface area (Å²) >= 11 is 6.05. The highest BCUT2D eigenvalue weighted by Crippen LogP contribution is 2.43. The van der Waals surface area contributed by atoms with Crippen LogP contribution >= 0.6 is 11.6 Å². The van der Waals surface area contributed by atoms with Gasteiger partial charge in [-0.15, -0.1) is 10.2 Å². The summed E-state index contributed by atoms with van der Waals surface area (Å²) in [6.07, 6.45) is 4.32. The molecule has 5 aromatic rings. The van der Waals surface area contributed by atoms with Gasteiger partial charge in [0.15, 0.2) is 5.82 Å². The highest BCUT2D eigenvalue weighted by Gasteiger charge is 2.45. The largest absolute Gasteiger partial charge is 0.342 e. The van der Waals surface area contributed by atoms with Crippen LogP contribution in [-0.2, 0) is 19.5 Å². The monoisotopic (exact) mass is 542 g/mol. The van der Waals surface area contributed by atoms with Crippen LogP contribution < -0.4 is 5.32 Å². The van der Waals surface area contributed by atoms with Gasteiger partial charge in [-0.05, 0) is 18.2 Å². The standard InChI is InChI=1S/C25H19ClF4N8/c1-36-22(6-7-32-36)33-21-9-16(19(28)11-31-21)14-8-20-23-34-35-24(38(23)15(10-27)13-37(20)12-14)25(29,30)17-4-2-3-5-18(17)26/h2-9,11-12,15H,10,13H2,1H3,(H,31,33)/t15-/m0/s1. The lowest BCUT2D eigenvalue weighted by Gasteiger charge is -2.28. The lowest BCUT2D eigenvalue weighted by Crippen LogP contribution is -2.30. The van der Waals surface area contributed by atoms with Crippen LogP contribution in [0.15, 0.2) is 61.1 Å². The predicted octanol–water partition coefficient (Wildman–Crippen LogP) is 5.74. The number of aromatic nitrogens is 7. The van der Waals surface area contributed by atoms with Crippen molar-refractivity contribution in [1.82, 2.24) is 34.1 Å². The summed E-state index contributed by atoms with van der Waals surface area (Å²) in [7, 11) is 1.75. The second kappa shape index (κ2) is 8.98. The van der Waals surface area contributed by atoms with Gasteiger partial charge in [0.2, 0.25) is 5.82 Å². The Bertz CT molecular complexity index is 1660. The number of alkyl halides is 3. The number of rotatable bonds is 6. The number of halogens is 5. The summed E-state index contributed by atoms with van der Waals surface area (Å²) in [4.78, 5) is 4.09. The van der Waals surface area contributed by atoms with Crippen molar-refractivity contribution in [2.75, 3.05) is 12.0 Å². The molecule has 6 rings (SSSR count). The molecular formula is C25H19ClF4N8. The summed E-state index contributed by atoms with van der Waals surface area (Å²) in [5, 5.41) is 14.8. The Morgan fingerprint density at radius 1 is 1.16 bits per heavy atom. The summed E-state index contributed by atoms with van der Waals surface area (Å²) in [6, 6.07) is 9.40. The second-order valence-electron chi connectivity index (χ2n) is 8.86. The third-order valence-corrected chi connectivity index (χ3v) is 6.84. The molecule has 1 aromatic carbocycles. The average molecular weight is 543 g/mol. The minimum Gasteiger partial charge on any atom is -0.342 e. The van der Waals surface area contributed by atoms with E-state index in [0.717, 1.165) is 10.8 Å². The molecule has 0 aliphatic carbocycles. The fourth-order valence-corrected chi connectivity index (χ4v) is 4.90. The molecule has 0 bridgehead atoms. The minimum absolute atomic E-state index is 0.0231. The van der Waals surface area contributed by atoms with E-state index >= 15 is 8.78 Å². The van der Waals surface area contributed by atoms with Crippen LogP contribution in [0.1, 0.15) is 17.4 Å². The van der Waals surface area contributed by atoms with Gasteiger partial charge >= 0.3 is 5.92 Å². The first kappa shape index (κ1) is 24.2. The van der Waals surface area contributed by atoms with Gasteiger partial charge in [0, 0.05) is 42.5 Å². The van der Waals surface area contributed by atoms with Gasteiger partial charge in [0.25, 0.3) is 0 Å². The Morgan fingerprint density at radius 2 is 1.97 bits per heavy atom. The zero-order valence-corrected chi connectivity index (χ0v) is 20.5. The molecule has 0 saturated carbocycles. The first-order chi connectivity index (χ1) is 18.3. The van der Waals surface area contributed by atoms with E-state index in [4.69, 9.17) is 11.6 Å². The normalized spacial score (nSPS) is 14.8. The fourth-order valence-electron chi connectivity index (χ4n) is 4.64. The maximum Gasteiger partial charge on any atom is 0.333 e. The molecule has 0 fully saturated rings. The fraction of sp³-hybridized carbons (Fsp3) is 0.200. The molecule has 4 aromatic heterocycles. The van der Waals surface area contributed by atoms with Crippen molar-refractivity contribution in [2.24, 2.45) is 7.05 Å². The lowest BCUT2D eigenvalue weighted by atomic mass is 10.1. The van der Waals surface area contributed by atoms with Gasteiger partial charge in [0.1, 0.15) is 24.1 Å². The molecule has 1 N–H and O–H groups in total. The van der Waals surface area contributed by atoms with Gasteiger partial charge in [-0.3, -0.25) is 9.25 Å². The Hall–Kier alpha value is -4.19. The molecule has 0 radical (unpaired) electrons. The molecule has 0 spiro atoms. The number of nitrogens with zero attached hydrogens (tertiary/aromatic N) is 7. The van der Waals surface area contributed by atoms with Gasteiger partial charge < -0.3 is 9.88 Å². The SMILES string of the molecule is Cn1nccc1Nc1cc(-c2cc3n(c2)C[C@H](CF)n2c-3nnc2C(F)(F)c2ccccc2Cl)c(F)cn1. The zero-order chi connectivity index (χ0) is 26.6. The molecule has 8 nitrogen and oxygen atoms in total. The predicted molar refractivity (Wildman–Crippen MR) is 133 cm³/mol. The first-order valence-corrected chi connectivity index (χ1v) is 11.9. The third-order valence-electron chi connectivity index (χ3n) is 6.51. The average Bonchev–Trinajstić information content (AvgIpc) is 3.63. The lowest BCUT2D eigenvalue weighted by molar-refractivity contribution is 0.0259. The van der Waals surface area contributed by atoms with Crippen LogP contribution in [0, 0.1) is 5.82 Å². The van der Waals surface area contributed by atoms with Crippen molar-refractivity contribution in [1.29, 1.82) is 0 Å². The van der Waals surface area contributed by atoms with Crippen LogP contribution in [0.5, 0.6) is 0 Å². The van der Waals surface area contributed by atoms with E-state index in [2.05, 4.69) is 25.6 Å². The molecule has 13 heteroatoms. The summed E-state index contributed by atoms with van der Waals surface area (Å²) in [6.45, 7) is -0.915. The van der Waals surface area contributed by atoms with Crippen molar-refractivity contribution in [3.8, 4) is 22.6 Å². The number of hydrogen-bond donors (Lipinski definition) is 1. The van der Waals surface area contributed by atoms with Crippen LogP contribution in [-0.4, -0.2) is 40.8 Å². The Balaban J connectivity index is 1.42. The van der Waals surface area contributed by atoms with Crippen molar-refractivity contribution in [3.05, 3.63) is 83.3 Å². The van der Waals surface area contributed by atoms with Crippen molar-refractivity contribution >= 4 is 23.2 Å². The summed E-state index contributed by atoms with van der Waals surface area (Å²) in [5.41, 5.74) is 0.608. The Kier molecular flexibility index (Phi) is 5.71. The number of fused-ring (bicyclic) bond motifs is 3. The number of aryl methyl sites for hydroxylation is 1. The van der Waals surface area contributed by atoms with Crippen molar-refractivity contribution in [2.45, 2.75) is 18.5 Å². The number of hydrogen-bond acceptors (Lipinski definition) is 5. The number of nitrogens with one attached hydrogen (secondary N) is 1. The molecule has 38 heavy (non-hydrogen) atoms. The Morgan fingerprint density at radius 3 is 2.71 bits per heavy atom. The van der Waals surface area contributed by atoms with Crippen LogP contribution in [0.25, 0.3) is 22.6 Å². The molecular weight excluding hydrogens is 524 g/mol. The Labute approximate surface area is 218 Å². The maximum atomic E-state index is 15.6. The molecule has 194 valence electrons. The number of pyridine rings is 1. The van der Waals surface area contributed by atoms with Crippen molar-refractivity contribution < 1.29 is 17.6 Å². The summed E-state index contributed by atoms with van der Waals surface area (Å²) in [5.74, 6) is -3.85. The second-order valence-corrected chi connectivity index (χ2v) is 9.27. The molecule has 5 heterocycles. The van der Waals surface area contributed by atoms with Gasteiger partial charge in [-0.1, -0.05) is 29.8 Å². The highest BCUT2D eigenvalue weighted by atomic mass is 35.5. The molecule has 0 saturated heterocycles. The van der Waals surface area contributed by atoms with Crippen molar-refractivity contribution in [3.63, 3.8) is 0 Å². The van der Waals surface area contributed by atoms with E-state index in [0.29, 0.717) is 22.9 Å². The molecule has 0 unspecified atom stereocenters. The van der Waals surface area contributed by atoms with E-state index in [-0.39, 0.29) is 23.0 Å². The van der Waals surface area contributed by atoms with E-state index < -0.39 is 35.8 Å². The first-order valence-electron chi connectivity index (χ1n) is 11.5. The number of benzene rings is 1. The van der Waals surface area contributed by atoms with Crippen LogP contribution in [0.4, 0.5) is 29.2 Å². The smallest absolute Gasteiger partial charge is 0.333 e. The molecule has 1 aliphatic rings.